The first kappa shape index (κ1) is 12.2. The van der Waals surface area contributed by atoms with E-state index in [0.29, 0.717) is 0 Å². The number of rotatable bonds is 1. The lowest BCUT2D eigenvalue weighted by molar-refractivity contribution is 0.460. The molecule has 0 amide bonds. The Kier molecular flexibility index (Phi) is 4.34. The van der Waals surface area contributed by atoms with Gasteiger partial charge in [-0.25, -0.2) is 4.31 Å². The Morgan fingerprint density at radius 1 is 1.53 bits per heavy atom. The molecule has 0 aliphatic carbocycles. The molecule has 5 heteroatoms. The first-order valence-corrected chi connectivity index (χ1v) is 8.89. The van der Waals surface area contributed by atoms with Crippen LogP contribution in [0.4, 0.5) is 0 Å². The molecule has 1 aromatic carbocycles. The number of fused-ring (bicyclic) bond motifs is 1. The maximum atomic E-state index is 6.16. The number of halogens is 2. The highest BCUT2D eigenvalue weighted by Crippen LogP contribution is 2.31. The monoisotopic (exact) mass is 398 g/mol. The SMILES string of the molecule is NC1CCN(SI)Cc2cc(Br)ccc21. The molecule has 2 nitrogen and oxygen atoms in total. The molecule has 0 saturated heterocycles. The summed E-state index contributed by atoms with van der Waals surface area (Å²) in [5, 5.41) is 0. The molecule has 0 radical (unpaired) electrons. The van der Waals surface area contributed by atoms with Gasteiger partial charge in [-0.3, -0.25) is 0 Å². The fourth-order valence-corrected chi connectivity index (χ4v) is 3.62. The van der Waals surface area contributed by atoms with Gasteiger partial charge in [0.15, 0.2) is 0 Å². The summed E-state index contributed by atoms with van der Waals surface area (Å²) in [7, 11) is 1.76. The smallest absolute Gasteiger partial charge is 0.0351 e. The molecular weight excluding hydrogens is 387 g/mol. The van der Waals surface area contributed by atoms with Gasteiger partial charge >= 0.3 is 0 Å². The summed E-state index contributed by atoms with van der Waals surface area (Å²) in [6, 6.07) is 6.58. The van der Waals surface area contributed by atoms with Crippen molar-refractivity contribution < 1.29 is 0 Å². The molecule has 2 rings (SSSR count). The average molecular weight is 399 g/mol. The minimum Gasteiger partial charge on any atom is -0.324 e. The van der Waals surface area contributed by atoms with Crippen LogP contribution < -0.4 is 5.73 Å². The first-order chi connectivity index (χ1) is 7.20. The Labute approximate surface area is 115 Å². The zero-order valence-electron chi connectivity index (χ0n) is 8.12. The van der Waals surface area contributed by atoms with E-state index in [9.17, 15) is 0 Å². The van der Waals surface area contributed by atoms with Crippen LogP contribution in [-0.4, -0.2) is 10.8 Å². The lowest BCUT2D eigenvalue weighted by Gasteiger charge is -2.14. The summed E-state index contributed by atoms with van der Waals surface area (Å²) in [5.74, 6) is 0. The number of nitrogens with two attached hydrogens (primary N) is 1. The van der Waals surface area contributed by atoms with Crippen LogP contribution in [0.1, 0.15) is 23.6 Å². The Hall–Kier alpha value is 0.700. The Morgan fingerprint density at radius 3 is 3.07 bits per heavy atom. The van der Waals surface area contributed by atoms with Crippen molar-refractivity contribution in [2.45, 2.75) is 19.0 Å². The third-order valence-electron chi connectivity index (χ3n) is 2.64. The van der Waals surface area contributed by atoms with Gasteiger partial charge in [0.05, 0.1) is 0 Å². The van der Waals surface area contributed by atoms with Gasteiger partial charge in [0.25, 0.3) is 0 Å². The summed E-state index contributed by atoms with van der Waals surface area (Å²) in [4.78, 5) is 0. The molecule has 1 unspecified atom stereocenters. The molecule has 0 saturated carbocycles. The summed E-state index contributed by atoms with van der Waals surface area (Å²) < 4.78 is 3.48. The van der Waals surface area contributed by atoms with Crippen molar-refractivity contribution in [1.82, 2.24) is 4.31 Å². The van der Waals surface area contributed by atoms with Crippen molar-refractivity contribution in [2.75, 3.05) is 6.54 Å². The van der Waals surface area contributed by atoms with Gasteiger partial charge in [0.1, 0.15) is 0 Å². The van der Waals surface area contributed by atoms with Gasteiger partial charge in [-0.2, -0.15) is 0 Å². The highest BCUT2D eigenvalue weighted by molar-refractivity contribution is 14.2. The third-order valence-corrected chi connectivity index (χ3v) is 5.31. The van der Waals surface area contributed by atoms with Crippen LogP contribution in [0, 0.1) is 0 Å². The van der Waals surface area contributed by atoms with E-state index < -0.39 is 0 Å². The van der Waals surface area contributed by atoms with E-state index in [2.05, 4.69) is 59.6 Å². The molecule has 15 heavy (non-hydrogen) atoms. The zero-order chi connectivity index (χ0) is 10.8. The van der Waals surface area contributed by atoms with E-state index in [4.69, 9.17) is 5.73 Å². The molecule has 2 N–H and O–H groups in total. The number of nitrogens with zero attached hydrogens (tertiary/aromatic N) is 1. The standard InChI is InChI=1S/C10H12BrIN2S/c11-8-1-2-9-7(5-8)6-14(15-12)4-3-10(9)13/h1-2,5,10H,3-4,6,13H2. The largest absolute Gasteiger partial charge is 0.324 e. The van der Waals surface area contributed by atoms with Crippen molar-refractivity contribution in [3.05, 3.63) is 33.8 Å². The molecule has 1 aliphatic heterocycles. The van der Waals surface area contributed by atoms with Gasteiger partial charge in [-0.1, -0.05) is 22.0 Å². The average Bonchev–Trinajstić information content (AvgIpc) is 2.38. The Morgan fingerprint density at radius 2 is 2.33 bits per heavy atom. The zero-order valence-corrected chi connectivity index (χ0v) is 12.7. The van der Waals surface area contributed by atoms with Crippen LogP contribution >= 0.6 is 46.3 Å². The van der Waals surface area contributed by atoms with Crippen molar-refractivity contribution in [3.63, 3.8) is 0 Å². The summed E-state index contributed by atoms with van der Waals surface area (Å²) >= 11 is 5.84. The molecule has 82 valence electrons. The molecule has 0 aromatic heterocycles. The van der Waals surface area contributed by atoms with Crippen LogP contribution in [0.15, 0.2) is 22.7 Å². The topological polar surface area (TPSA) is 29.3 Å². The maximum Gasteiger partial charge on any atom is 0.0351 e. The Bertz CT molecular complexity index is 361. The molecule has 1 atom stereocenters. The minimum atomic E-state index is 0.182. The lowest BCUT2D eigenvalue weighted by Crippen LogP contribution is -2.15. The van der Waals surface area contributed by atoms with E-state index in [0.717, 1.165) is 24.0 Å². The van der Waals surface area contributed by atoms with Gasteiger partial charge < -0.3 is 5.73 Å². The predicted octanol–water partition coefficient (Wildman–Crippen LogP) is 3.65. The van der Waals surface area contributed by atoms with Crippen LogP contribution in [0.5, 0.6) is 0 Å². The second kappa shape index (κ2) is 5.35. The molecular formula is C10H12BrIN2S. The maximum absolute atomic E-state index is 6.16. The number of benzene rings is 1. The van der Waals surface area contributed by atoms with Crippen molar-refractivity contribution in [3.8, 4) is 0 Å². The minimum absolute atomic E-state index is 0.182. The molecule has 0 fully saturated rings. The number of hydrogen-bond acceptors (Lipinski definition) is 3. The van der Waals surface area contributed by atoms with Gasteiger partial charge in [-0.05, 0) is 38.8 Å². The molecule has 1 aromatic rings. The first-order valence-electron chi connectivity index (χ1n) is 4.78. The van der Waals surface area contributed by atoms with E-state index >= 15 is 0 Å². The highest BCUT2D eigenvalue weighted by atomic mass is 127. The van der Waals surface area contributed by atoms with Gasteiger partial charge in [0, 0.05) is 44.8 Å². The predicted molar refractivity (Wildman–Crippen MR) is 77.7 cm³/mol. The number of hydrogen-bond donors (Lipinski definition) is 1. The fourth-order valence-electron chi connectivity index (χ4n) is 1.84. The summed E-state index contributed by atoms with van der Waals surface area (Å²) in [6.07, 6.45) is 1.03. The van der Waals surface area contributed by atoms with Crippen LogP contribution in [0.25, 0.3) is 0 Å². The molecule has 1 heterocycles. The molecule has 0 spiro atoms. The van der Waals surface area contributed by atoms with Gasteiger partial charge in [0.2, 0.25) is 0 Å². The van der Waals surface area contributed by atoms with Crippen LogP contribution in [0.3, 0.4) is 0 Å². The van der Waals surface area contributed by atoms with E-state index in [1.807, 2.05) is 0 Å². The highest BCUT2D eigenvalue weighted by Gasteiger charge is 2.19. The third kappa shape index (κ3) is 2.88. The van der Waals surface area contributed by atoms with Crippen molar-refractivity contribution >= 4 is 46.3 Å². The lowest BCUT2D eigenvalue weighted by atomic mass is 10.0. The fraction of sp³-hybridized carbons (Fsp3) is 0.400. The quantitative estimate of drug-likeness (QED) is 0.578. The van der Waals surface area contributed by atoms with E-state index in [1.54, 1.807) is 9.12 Å². The second-order valence-electron chi connectivity index (χ2n) is 3.67. The molecule has 0 bridgehead atoms. The van der Waals surface area contributed by atoms with Crippen LogP contribution in [0.2, 0.25) is 0 Å². The summed E-state index contributed by atoms with van der Waals surface area (Å²) in [5.41, 5.74) is 8.80. The van der Waals surface area contributed by atoms with E-state index in [-0.39, 0.29) is 6.04 Å². The second-order valence-corrected chi connectivity index (χ2v) is 6.42. The van der Waals surface area contributed by atoms with Crippen LogP contribution in [-0.2, 0) is 6.54 Å². The normalized spacial score (nSPS) is 22.2. The van der Waals surface area contributed by atoms with E-state index in [1.165, 1.54) is 11.1 Å². The molecule has 1 aliphatic rings. The van der Waals surface area contributed by atoms with Crippen molar-refractivity contribution in [1.29, 1.82) is 0 Å². The summed E-state index contributed by atoms with van der Waals surface area (Å²) in [6.45, 7) is 2.04. The van der Waals surface area contributed by atoms with Gasteiger partial charge in [-0.15, -0.1) is 0 Å². The van der Waals surface area contributed by atoms with Crippen molar-refractivity contribution in [2.24, 2.45) is 5.73 Å². The Balaban J connectivity index is 2.36.